The largest absolute Gasteiger partial charge is 0.378 e. The molecule has 1 saturated heterocycles. The van der Waals surface area contributed by atoms with Crippen molar-refractivity contribution in [1.29, 1.82) is 0 Å². The van der Waals surface area contributed by atoms with Crippen molar-refractivity contribution >= 4 is 47.2 Å². The predicted molar refractivity (Wildman–Crippen MR) is 70.3 cm³/mol. The molecule has 1 fully saturated rings. The van der Waals surface area contributed by atoms with Crippen molar-refractivity contribution in [1.82, 2.24) is 5.32 Å². The van der Waals surface area contributed by atoms with Gasteiger partial charge in [0.25, 0.3) is 0 Å². The van der Waals surface area contributed by atoms with E-state index in [4.69, 9.17) is 39.5 Å². The second kappa shape index (κ2) is 6.29. The van der Waals surface area contributed by atoms with Gasteiger partial charge in [-0.3, -0.25) is 0 Å². The molecule has 2 rings (SSSR count). The molecule has 1 aliphatic rings. The molecule has 0 aliphatic carbocycles. The molecule has 0 unspecified atom stereocenters. The molecule has 0 radical (unpaired) electrons. The van der Waals surface area contributed by atoms with Crippen molar-refractivity contribution in [3.05, 3.63) is 32.8 Å². The van der Waals surface area contributed by atoms with Crippen LogP contribution in [0.1, 0.15) is 11.6 Å². The van der Waals surface area contributed by atoms with Crippen LogP contribution in [0.15, 0.2) is 12.1 Å². The highest BCUT2D eigenvalue weighted by Gasteiger charge is 2.19. The summed E-state index contributed by atoms with van der Waals surface area (Å²) in [5, 5.41) is 4.92. The monoisotopic (exact) mass is 301 g/mol. The summed E-state index contributed by atoms with van der Waals surface area (Å²) in [6.45, 7) is 2.13. The minimum atomic E-state index is 0. The standard InChI is InChI=1S/C10H10Cl3NO.ClH/c11-6-3-7(10(13)8(12)4-6)9-5-15-2-1-14-9;/h3-4,9,14H,1-2,5H2;1H/t9-;/m1./s1. The van der Waals surface area contributed by atoms with Crippen LogP contribution >= 0.6 is 47.2 Å². The van der Waals surface area contributed by atoms with Crippen LogP contribution in [0, 0.1) is 0 Å². The minimum absolute atomic E-state index is 0. The summed E-state index contributed by atoms with van der Waals surface area (Å²) in [6, 6.07) is 3.53. The van der Waals surface area contributed by atoms with E-state index in [9.17, 15) is 0 Å². The van der Waals surface area contributed by atoms with Gasteiger partial charge < -0.3 is 10.1 Å². The van der Waals surface area contributed by atoms with Crippen molar-refractivity contribution in [2.75, 3.05) is 19.8 Å². The third-order valence-electron chi connectivity index (χ3n) is 2.32. The molecule has 90 valence electrons. The third kappa shape index (κ3) is 3.16. The number of hydrogen-bond donors (Lipinski definition) is 1. The lowest BCUT2D eigenvalue weighted by Crippen LogP contribution is -2.34. The van der Waals surface area contributed by atoms with Crippen LogP contribution in [-0.2, 0) is 4.74 Å². The summed E-state index contributed by atoms with van der Waals surface area (Å²) in [5.74, 6) is 0. The zero-order valence-electron chi connectivity index (χ0n) is 8.30. The van der Waals surface area contributed by atoms with E-state index in [1.54, 1.807) is 6.07 Å². The maximum Gasteiger partial charge on any atom is 0.0662 e. The van der Waals surface area contributed by atoms with Crippen molar-refractivity contribution in [3.8, 4) is 0 Å². The summed E-state index contributed by atoms with van der Waals surface area (Å²) >= 11 is 18.0. The smallest absolute Gasteiger partial charge is 0.0662 e. The van der Waals surface area contributed by atoms with Crippen molar-refractivity contribution in [3.63, 3.8) is 0 Å². The van der Waals surface area contributed by atoms with E-state index >= 15 is 0 Å². The Morgan fingerprint density at radius 2 is 2.00 bits per heavy atom. The molecule has 1 aromatic carbocycles. The number of nitrogens with one attached hydrogen (secondary N) is 1. The van der Waals surface area contributed by atoms with Gasteiger partial charge in [-0.1, -0.05) is 34.8 Å². The van der Waals surface area contributed by atoms with Gasteiger partial charge in [-0.2, -0.15) is 0 Å². The van der Waals surface area contributed by atoms with E-state index in [1.807, 2.05) is 6.07 Å². The van der Waals surface area contributed by atoms with Gasteiger partial charge in [0, 0.05) is 11.6 Å². The van der Waals surface area contributed by atoms with Gasteiger partial charge in [-0.25, -0.2) is 0 Å². The first-order valence-corrected chi connectivity index (χ1v) is 5.77. The normalized spacial score (nSPS) is 20.3. The van der Waals surface area contributed by atoms with E-state index < -0.39 is 0 Å². The Hall–Kier alpha value is 0.300. The predicted octanol–water partition coefficient (Wildman–Crippen LogP) is 3.73. The number of halogens is 4. The van der Waals surface area contributed by atoms with Gasteiger partial charge in [0.1, 0.15) is 0 Å². The van der Waals surface area contributed by atoms with Crippen LogP contribution in [0.4, 0.5) is 0 Å². The fraction of sp³-hybridized carbons (Fsp3) is 0.400. The van der Waals surface area contributed by atoms with Crippen molar-refractivity contribution < 1.29 is 4.74 Å². The van der Waals surface area contributed by atoms with Gasteiger partial charge >= 0.3 is 0 Å². The Kier molecular flexibility index (Phi) is 5.65. The molecule has 1 aliphatic heterocycles. The van der Waals surface area contributed by atoms with Gasteiger partial charge in [0.2, 0.25) is 0 Å². The molecule has 0 saturated carbocycles. The first-order valence-electron chi connectivity index (χ1n) is 4.64. The van der Waals surface area contributed by atoms with E-state index in [0.29, 0.717) is 21.7 Å². The molecule has 0 spiro atoms. The van der Waals surface area contributed by atoms with Gasteiger partial charge in [0.15, 0.2) is 0 Å². The van der Waals surface area contributed by atoms with Gasteiger partial charge in [-0.15, -0.1) is 12.4 Å². The number of rotatable bonds is 1. The van der Waals surface area contributed by atoms with E-state index in [1.165, 1.54) is 0 Å². The fourth-order valence-corrected chi connectivity index (χ4v) is 2.34. The molecule has 6 heteroatoms. The zero-order valence-corrected chi connectivity index (χ0v) is 11.4. The second-order valence-electron chi connectivity index (χ2n) is 3.37. The SMILES string of the molecule is Cl.Clc1cc(Cl)c(Cl)c([C@H]2COCCN2)c1. The van der Waals surface area contributed by atoms with Crippen LogP contribution in [0.25, 0.3) is 0 Å². The molecule has 0 aromatic heterocycles. The Labute approximate surface area is 116 Å². The van der Waals surface area contributed by atoms with Crippen molar-refractivity contribution in [2.24, 2.45) is 0 Å². The summed E-state index contributed by atoms with van der Waals surface area (Å²) in [7, 11) is 0. The lowest BCUT2D eigenvalue weighted by atomic mass is 10.1. The van der Waals surface area contributed by atoms with Crippen LogP contribution in [0.5, 0.6) is 0 Å². The average molecular weight is 303 g/mol. The first-order chi connectivity index (χ1) is 7.18. The molecule has 0 amide bonds. The maximum atomic E-state index is 6.11. The van der Waals surface area contributed by atoms with Crippen LogP contribution in [0.2, 0.25) is 15.1 Å². The Morgan fingerprint density at radius 3 is 2.62 bits per heavy atom. The quantitative estimate of drug-likeness (QED) is 0.798. The minimum Gasteiger partial charge on any atom is -0.378 e. The van der Waals surface area contributed by atoms with Gasteiger partial charge in [0.05, 0.1) is 29.3 Å². The van der Waals surface area contributed by atoms with Crippen LogP contribution in [-0.4, -0.2) is 19.8 Å². The molecule has 1 aromatic rings. The van der Waals surface area contributed by atoms with Crippen molar-refractivity contribution in [2.45, 2.75) is 6.04 Å². The van der Waals surface area contributed by atoms with E-state index in [-0.39, 0.29) is 18.4 Å². The summed E-state index contributed by atoms with van der Waals surface area (Å²) in [6.07, 6.45) is 0. The fourth-order valence-electron chi connectivity index (χ4n) is 1.59. The lowest BCUT2D eigenvalue weighted by Gasteiger charge is -2.25. The van der Waals surface area contributed by atoms with Gasteiger partial charge in [-0.05, 0) is 17.7 Å². The second-order valence-corrected chi connectivity index (χ2v) is 4.59. The number of morpholine rings is 1. The number of benzene rings is 1. The molecule has 1 heterocycles. The molecular weight excluding hydrogens is 292 g/mol. The Morgan fingerprint density at radius 1 is 1.25 bits per heavy atom. The highest BCUT2D eigenvalue weighted by molar-refractivity contribution is 6.43. The Balaban J connectivity index is 0.00000128. The molecule has 2 nitrogen and oxygen atoms in total. The highest BCUT2D eigenvalue weighted by atomic mass is 35.5. The molecule has 1 N–H and O–H groups in total. The first kappa shape index (κ1) is 14.4. The summed E-state index contributed by atoms with van der Waals surface area (Å²) in [5.41, 5.74) is 0.897. The number of hydrogen-bond acceptors (Lipinski definition) is 2. The highest BCUT2D eigenvalue weighted by Crippen LogP contribution is 2.33. The van der Waals surface area contributed by atoms with E-state index in [2.05, 4.69) is 5.32 Å². The van der Waals surface area contributed by atoms with Crippen LogP contribution < -0.4 is 5.32 Å². The maximum absolute atomic E-state index is 6.11. The Bertz CT molecular complexity index is 366. The molecular formula is C10H11Cl4NO. The number of ether oxygens (including phenoxy) is 1. The molecule has 16 heavy (non-hydrogen) atoms. The van der Waals surface area contributed by atoms with E-state index in [0.717, 1.165) is 18.7 Å². The topological polar surface area (TPSA) is 21.3 Å². The third-order valence-corrected chi connectivity index (χ3v) is 3.35. The average Bonchev–Trinajstić information content (AvgIpc) is 2.24. The molecule has 0 bridgehead atoms. The lowest BCUT2D eigenvalue weighted by molar-refractivity contribution is 0.0769. The summed E-state index contributed by atoms with van der Waals surface area (Å²) < 4.78 is 5.36. The van der Waals surface area contributed by atoms with Crippen LogP contribution in [0.3, 0.4) is 0 Å². The molecule has 1 atom stereocenters. The summed E-state index contributed by atoms with van der Waals surface area (Å²) in [4.78, 5) is 0. The zero-order chi connectivity index (χ0) is 10.8.